The van der Waals surface area contributed by atoms with Crippen molar-refractivity contribution in [3.63, 3.8) is 0 Å². The number of methoxy groups -OCH3 is 1. The molecular weight excluding hydrogens is 281 g/mol. The minimum absolute atomic E-state index is 0.143. The van der Waals surface area contributed by atoms with Crippen molar-refractivity contribution in [1.82, 2.24) is 0 Å². The van der Waals surface area contributed by atoms with Gasteiger partial charge in [-0.05, 0) is 25.1 Å². The molecule has 0 saturated carbocycles. The molecule has 0 aromatic heterocycles. The first-order valence-corrected chi connectivity index (χ1v) is 5.62. The number of nitrogens with one attached hydrogen (secondary N) is 1. The Morgan fingerprint density at radius 3 is 2.80 bits per heavy atom. The van der Waals surface area contributed by atoms with Gasteiger partial charge in [-0.2, -0.15) is 0 Å². The number of ether oxygens (including phenoxy) is 1. The molecule has 1 rings (SSSR count). The van der Waals surface area contributed by atoms with E-state index in [4.69, 9.17) is 16.3 Å². The van der Waals surface area contributed by atoms with Crippen molar-refractivity contribution in [3.05, 3.63) is 23.2 Å². The number of halogens is 2. The molecule has 1 atom stereocenters. The van der Waals surface area contributed by atoms with Crippen molar-refractivity contribution in [2.75, 3.05) is 12.4 Å². The Hall–Kier alpha value is -0.740. The molecule has 0 fully saturated rings. The summed E-state index contributed by atoms with van der Waals surface area (Å²) in [5, 5.41) is 3.26. The van der Waals surface area contributed by atoms with Crippen LogP contribution in [0.2, 0.25) is 5.02 Å². The molecule has 1 aromatic carbocycles. The smallest absolute Gasteiger partial charge is 0.237 e. The Bertz CT molecular complexity index is 368. The molecule has 15 heavy (non-hydrogen) atoms. The molecule has 0 bridgehead atoms. The number of hydrogen-bond acceptors (Lipinski definition) is 2. The second kappa shape index (κ2) is 5.37. The number of rotatable bonds is 3. The third kappa shape index (κ3) is 3.39. The highest BCUT2D eigenvalue weighted by molar-refractivity contribution is 9.10. The highest BCUT2D eigenvalue weighted by atomic mass is 79.9. The number of carbonyl (C=O) groups is 1. The fraction of sp³-hybridized carbons (Fsp3) is 0.300. The van der Waals surface area contributed by atoms with Crippen molar-refractivity contribution >= 4 is 39.1 Å². The normalized spacial score (nSPS) is 12.0. The van der Waals surface area contributed by atoms with Crippen LogP contribution in [0.3, 0.4) is 0 Å². The Morgan fingerprint density at radius 2 is 2.27 bits per heavy atom. The molecule has 0 radical (unpaired) electrons. The monoisotopic (exact) mass is 291 g/mol. The molecule has 5 heteroatoms. The van der Waals surface area contributed by atoms with Crippen molar-refractivity contribution < 1.29 is 9.53 Å². The van der Waals surface area contributed by atoms with Gasteiger partial charge in [0.05, 0.1) is 17.6 Å². The SMILES string of the molecule is COc1ccc(Cl)cc1NC(=O)C(C)Br. The zero-order chi connectivity index (χ0) is 11.4. The van der Waals surface area contributed by atoms with Gasteiger partial charge in [-0.15, -0.1) is 0 Å². The lowest BCUT2D eigenvalue weighted by atomic mass is 10.3. The predicted molar refractivity (Wildman–Crippen MR) is 65.0 cm³/mol. The van der Waals surface area contributed by atoms with E-state index in [1.165, 1.54) is 7.11 Å². The fourth-order valence-corrected chi connectivity index (χ4v) is 1.30. The lowest BCUT2D eigenvalue weighted by molar-refractivity contribution is -0.115. The molecule has 0 saturated heterocycles. The lowest BCUT2D eigenvalue weighted by Crippen LogP contribution is -2.20. The second-order valence-electron chi connectivity index (χ2n) is 2.95. The minimum atomic E-state index is -0.263. The molecular formula is C10H11BrClNO2. The third-order valence-corrected chi connectivity index (χ3v) is 2.43. The van der Waals surface area contributed by atoms with Crippen LogP contribution in [0.1, 0.15) is 6.92 Å². The van der Waals surface area contributed by atoms with Gasteiger partial charge in [-0.3, -0.25) is 4.79 Å². The summed E-state index contributed by atoms with van der Waals surface area (Å²) in [5.74, 6) is 0.441. The number of anilines is 1. The van der Waals surface area contributed by atoms with Crippen molar-refractivity contribution in [3.8, 4) is 5.75 Å². The molecule has 0 aliphatic carbocycles. The van der Waals surface area contributed by atoms with E-state index in [1.807, 2.05) is 0 Å². The summed E-state index contributed by atoms with van der Waals surface area (Å²) >= 11 is 8.99. The van der Waals surface area contributed by atoms with Gasteiger partial charge in [0.25, 0.3) is 0 Å². The maximum Gasteiger partial charge on any atom is 0.237 e. The average molecular weight is 293 g/mol. The Balaban J connectivity index is 2.92. The van der Waals surface area contributed by atoms with Gasteiger partial charge in [-0.25, -0.2) is 0 Å². The zero-order valence-electron chi connectivity index (χ0n) is 8.38. The molecule has 0 heterocycles. The number of alkyl halides is 1. The summed E-state index contributed by atoms with van der Waals surface area (Å²) in [6.07, 6.45) is 0. The van der Waals surface area contributed by atoms with Crippen LogP contribution in [0.5, 0.6) is 5.75 Å². The highest BCUT2D eigenvalue weighted by Crippen LogP contribution is 2.27. The van der Waals surface area contributed by atoms with E-state index in [0.29, 0.717) is 16.5 Å². The van der Waals surface area contributed by atoms with Crippen LogP contribution in [0.15, 0.2) is 18.2 Å². The van der Waals surface area contributed by atoms with Crippen LogP contribution in [0, 0.1) is 0 Å². The Kier molecular flexibility index (Phi) is 4.42. The molecule has 1 N–H and O–H groups in total. The first-order chi connectivity index (χ1) is 7.04. The van der Waals surface area contributed by atoms with Crippen LogP contribution in [0.25, 0.3) is 0 Å². The molecule has 1 amide bonds. The van der Waals surface area contributed by atoms with Crippen LogP contribution < -0.4 is 10.1 Å². The number of benzene rings is 1. The maximum atomic E-state index is 11.4. The summed E-state index contributed by atoms with van der Waals surface area (Å²) in [6, 6.07) is 5.05. The summed E-state index contributed by atoms with van der Waals surface area (Å²) < 4.78 is 5.09. The third-order valence-electron chi connectivity index (χ3n) is 1.78. The fourth-order valence-electron chi connectivity index (χ4n) is 1.01. The highest BCUT2D eigenvalue weighted by Gasteiger charge is 2.11. The largest absolute Gasteiger partial charge is 0.495 e. The average Bonchev–Trinajstić information content (AvgIpc) is 2.18. The van der Waals surface area contributed by atoms with Gasteiger partial charge < -0.3 is 10.1 Å². The first-order valence-electron chi connectivity index (χ1n) is 4.33. The van der Waals surface area contributed by atoms with Crippen LogP contribution in [-0.2, 0) is 4.79 Å². The molecule has 0 aliphatic rings. The molecule has 1 aromatic rings. The van der Waals surface area contributed by atoms with E-state index >= 15 is 0 Å². The lowest BCUT2D eigenvalue weighted by Gasteiger charge is -2.11. The predicted octanol–water partition coefficient (Wildman–Crippen LogP) is 3.07. The van der Waals surface area contributed by atoms with Gasteiger partial charge in [0.2, 0.25) is 5.91 Å². The van der Waals surface area contributed by atoms with Crippen molar-refractivity contribution in [2.45, 2.75) is 11.8 Å². The van der Waals surface area contributed by atoms with Crippen LogP contribution >= 0.6 is 27.5 Å². The maximum absolute atomic E-state index is 11.4. The van der Waals surface area contributed by atoms with Crippen LogP contribution in [-0.4, -0.2) is 17.8 Å². The first kappa shape index (κ1) is 12.3. The van der Waals surface area contributed by atoms with Gasteiger partial charge in [0.15, 0.2) is 0 Å². The van der Waals surface area contributed by atoms with Gasteiger partial charge in [0, 0.05) is 5.02 Å². The summed E-state index contributed by atoms with van der Waals surface area (Å²) in [6.45, 7) is 1.74. The quantitative estimate of drug-likeness (QED) is 0.870. The second-order valence-corrected chi connectivity index (χ2v) is 4.76. The van der Waals surface area contributed by atoms with Crippen molar-refractivity contribution in [1.29, 1.82) is 0 Å². The molecule has 1 unspecified atom stereocenters. The number of hydrogen-bond donors (Lipinski definition) is 1. The van der Waals surface area contributed by atoms with E-state index in [-0.39, 0.29) is 10.7 Å². The van der Waals surface area contributed by atoms with Gasteiger partial charge >= 0.3 is 0 Å². The van der Waals surface area contributed by atoms with E-state index in [1.54, 1.807) is 25.1 Å². The summed E-state index contributed by atoms with van der Waals surface area (Å²) in [7, 11) is 1.54. The summed E-state index contributed by atoms with van der Waals surface area (Å²) in [4.78, 5) is 11.2. The zero-order valence-corrected chi connectivity index (χ0v) is 10.7. The van der Waals surface area contributed by atoms with Gasteiger partial charge in [0.1, 0.15) is 5.75 Å². The topological polar surface area (TPSA) is 38.3 Å². The number of carbonyl (C=O) groups excluding carboxylic acids is 1. The summed E-state index contributed by atoms with van der Waals surface area (Å²) in [5.41, 5.74) is 0.571. The van der Waals surface area contributed by atoms with E-state index in [2.05, 4.69) is 21.2 Å². The van der Waals surface area contributed by atoms with Crippen LogP contribution in [0.4, 0.5) is 5.69 Å². The van der Waals surface area contributed by atoms with Crippen molar-refractivity contribution in [2.24, 2.45) is 0 Å². The Labute approximate surface area is 102 Å². The standard InChI is InChI=1S/C10H11BrClNO2/c1-6(11)10(14)13-8-5-7(12)3-4-9(8)15-2/h3-6H,1-2H3,(H,13,14). The molecule has 0 aliphatic heterocycles. The van der Waals surface area contributed by atoms with E-state index in [0.717, 1.165) is 0 Å². The van der Waals surface area contributed by atoms with Gasteiger partial charge in [-0.1, -0.05) is 27.5 Å². The van der Waals surface area contributed by atoms with E-state index in [9.17, 15) is 4.79 Å². The molecule has 82 valence electrons. The molecule has 0 spiro atoms. The molecule has 3 nitrogen and oxygen atoms in total. The Morgan fingerprint density at radius 1 is 1.60 bits per heavy atom. The van der Waals surface area contributed by atoms with E-state index < -0.39 is 0 Å². The number of amides is 1. The minimum Gasteiger partial charge on any atom is -0.495 e.